The number of nitrogens with zero attached hydrogens (tertiary/aromatic N) is 2. The minimum Gasteiger partial charge on any atom is -0.452 e. The largest absolute Gasteiger partial charge is 0.452 e. The first kappa shape index (κ1) is 22.8. The minimum atomic E-state index is -3.73. The highest BCUT2D eigenvalue weighted by atomic mass is 32.2. The first-order chi connectivity index (χ1) is 13.6. The summed E-state index contributed by atoms with van der Waals surface area (Å²) < 4.78 is 31.7. The number of ether oxygens (including phenoxy) is 1. The molecule has 0 bridgehead atoms. The number of amides is 1. The van der Waals surface area contributed by atoms with Crippen molar-refractivity contribution in [3.63, 3.8) is 0 Å². The van der Waals surface area contributed by atoms with Crippen LogP contribution < -0.4 is 5.32 Å². The quantitative estimate of drug-likeness (QED) is 0.610. The molecule has 0 heterocycles. The summed E-state index contributed by atoms with van der Waals surface area (Å²) in [6, 6.07) is 6.35. The lowest BCUT2D eigenvalue weighted by Gasteiger charge is -2.22. The molecule has 1 aromatic carbocycles. The van der Waals surface area contributed by atoms with Gasteiger partial charge < -0.3 is 10.1 Å². The van der Waals surface area contributed by atoms with E-state index >= 15 is 0 Å². The van der Waals surface area contributed by atoms with Crippen LogP contribution in [0.25, 0.3) is 0 Å². The summed E-state index contributed by atoms with van der Waals surface area (Å²) in [5.74, 6) is -1.26. The minimum absolute atomic E-state index is 0.00556. The number of hydrogen-bond acceptors (Lipinski definition) is 6. The third kappa shape index (κ3) is 5.14. The number of carbonyl (C=O) groups is 2. The number of nitriles is 1. The van der Waals surface area contributed by atoms with E-state index in [0.717, 1.165) is 12.8 Å². The Labute approximate surface area is 171 Å². The van der Waals surface area contributed by atoms with Crippen molar-refractivity contribution >= 4 is 21.9 Å². The van der Waals surface area contributed by atoms with Gasteiger partial charge in [0.2, 0.25) is 10.0 Å². The van der Waals surface area contributed by atoms with Gasteiger partial charge in [-0.05, 0) is 50.3 Å². The van der Waals surface area contributed by atoms with E-state index in [1.807, 2.05) is 0 Å². The zero-order valence-corrected chi connectivity index (χ0v) is 18.0. The molecule has 1 atom stereocenters. The number of sulfonamides is 1. The van der Waals surface area contributed by atoms with Crippen LogP contribution in [0.15, 0.2) is 23.1 Å². The second kappa shape index (κ2) is 8.93. The molecule has 1 aliphatic rings. The molecule has 9 heteroatoms. The van der Waals surface area contributed by atoms with Gasteiger partial charge in [-0.1, -0.05) is 19.9 Å². The maximum atomic E-state index is 12.7. The topological polar surface area (TPSA) is 117 Å². The van der Waals surface area contributed by atoms with Gasteiger partial charge in [-0.15, -0.1) is 0 Å². The van der Waals surface area contributed by atoms with Gasteiger partial charge in [0.1, 0.15) is 5.54 Å². The first-order valence-corrected chi connectivity index (χ1v) is 11.0. The van der Waals surface area contributed by atoms with Crippen molar-refractivity contribution in [1.82, 2.24) is 9.62 Å². The number of nitrogens with one attached hydrogen (secondary N) is 1. The second-order valence-corrected chi connectivity index (χ2v) is 9.22. The Kier molecular flexibility index (Phi) is 7.03. The van der Waals surface area contributed by atoms with Crippen LogP contribution in [0.3, 0.4) is 0 Å². The molecule has 0 radical (unpaired) electrons. The summed E-state index contributed by atoms with van der Waals surface area (Å²) in [6.07, 6.45) is 1.74. The summed E-state index contributed by atoms with van der Waals surface area (Å²) in [5, 5.41) is 11.9. The highest BCUT2D eigenvalue weighted by Gasteiger charge is 2.43. The maximum Gasteiger partial charge on any atom is 0.338 e. The Hall–Kier alpha value is -2.44. The molecule has 0 spiro atoms. The molecule has 0 aromatic heterocycles. The number of rotatable bonds is 9. The number of aryl methyl sites for hydroxylation is 1. The van der Waals surface area contributed by atoms with Gasteiger partial charge in [0.25, 0.3) is 5.91 Å². The highest BCUT2D eigenvalue weighted by molar-refractivity contribution is 7.89. The molecule has 1 N–H and O–H groups in total. The summed E-state index contributed by atoms with van der Waals surface area (Å²) in [6.45, 7) is 6.85. The summed E-state index contributed by atoms with van der Waals surface area (Å²) in [4.78, 5) is 24.6. The number of carbonyl (C=O) groups excluding carboxylic acids is 2. The van der Waals surface area contributed by atoms with Crippen molar-refractivity contribution in [3.8, 4) is 6.07 Å². The van der Waals surface area contributed by atoms with E-state index in [-0.39, 0.29) is 16.4 Å². The van der Waals surface area contributed by atoms with Crippen LogP contribution in [-0.2, 0) is 19.6 Å². The van der Waals surface area contributed by atoms with Crippen molar-refractivity contribution in [1.29, 1.82) is 5.26 Å². The predicted octanol–water partition coefficient (Wildman–Crippen LogP) is 1.99. The second-order valence-electron chi connectivity index (χ2n) is 7.28. The Morgan fingerprint density at radius 3 is 2.45 bits per heavy atom. The Bertz CT molecular complexity index is 930. The van der Waals surface area contributed by atoms with Crippen LogP contribution in [-0.4, -0.2) is 49.8 Å². The Morgan fingerprint density at radius 2 is 1.93 bits per heavy atom. The third-order valence-corrected chi connectivity index (χ3v) is 7.18. The molecule has 1 saturated carbocycles. The molecule has 1 aliphatic carbocycles. The van der Waals surface area contributed by atoms with E-state index in [0.29, 0.717) is 18.7 Å². The van der Waals surface area contributed by atoms with Crippen LogP contribution >= 0.6 is 0 Å². The SMILES string of the molecule is CCN(CC)S(=O)(=O)c1ccc(C)c(C(=O)OCC(=O)N[C@](C)(C#N)C2CC2)c1. The van der Waals surface area contributed by atoms with E-state index in [1.165, 1.54) is 22.5 Å². The molecular weight excluding hydrogens is 394 g/mol. The van der Waals surface area contributed by atoms with Crippen molar-refractivity contribution in [2.45, 2.75) is 51.0 Å². The normalized spacial score (nSPS) is 16.0. The van der Waals surface area contributed by atoms with Crippen molar-refractivity contribution in [2.24, 2.45) is 5.92 Å². The zero-order valence-electron chi connectivity index (χ0n) is 17.2. The zero-order chi connectivity index (χ0) is 21.8. The lowest BCUT2D eigenvalue weighted by molar-refractivity contribution is -0.125. The van der Waals surface area contributed by atoms with E-state index in [4.69, 9.17) is 4.74 Å². The van der Waals surface area contributed by atoms with E-state index in [1.54, 1.807) is 27.7 Å². The first-order valence-electron chi connectivity index (χ1n) is 9.59. The highest BCUT2D eigenvalue weighted by Crippen LogP contribution is 2.39. The number of hydrogen-bond donors (Lipinski definition) is 1. The fraction of sp³-hybridized carbons (Fsp3) is 0.550. The van der Waals surface area contributed by atoms with Crippen LogP contribution in [0, 0.1) is 24.2 Å². The van der Waals surface area contributed by atoms with Gasteiger partial charge in [-0.2, -0.15) is 9.57 Å². The summed E-state index contributed by atoms with van der Waals surface area (Å²) in [5.41, 5.74) is -0.359. The van der Waals surface area contributed by atoms with Crippen LogP contribution in [0.5, 0.6) is 0 Å². The number of benzene rings is 1. The maximum absolute atomic E-state index is 12.7. The lowest BCUT2D eigenvalue weighted by Crippen LogP contribution is -2.48. The smallest absolute Gasteiger partial charge is 0.338 e. The average molecular weight is 422 g/mol. The van der Waals surface area contributed by atoms with Gasteiger partial charge in [0.05, 0.1) is 16.5 Å². The Balaban J connectivity index is 2.11. The average Bonchev–Trinajstić information content (AvgIpc) is 3.52. The van der Waals surface area contributed by atoms with Gasteiger partial charge in [-0.25, -0.2) is 13.2 Å². The van der Waals surface area contributed by atoms with Crippen LogP contribution in [0.2, 0.25) is 0 Å². The summed E-state index contributed by atoms with van der Waals surface area (Å²) in [7, 11) is -3.73. The lowest BCUT2D eigenvalue weighted by atomic mass is 9.98. The Morgan fingerprint density at radius 1 is 1.31 bits per heavy atom. The molecule has 29 heavy (non-hydrogen) atoms. The molecule has 0 unspecified atom stereocenters. The van der Waals surface area contributed by atoms with E-state index in [9.17, 15) is 23.3 Å². The predicted molar refractivity (Wildman–Crippen MR) is 106 cm³/mol. The number of esters is 1. The fourth-order valence-electron chi connectivity index (χ4n) is 3.11. The molecule has 1 aromatic rings. The standard InChI is InChI=1S/C20H27N3O5S/c1-5-23(6-2)29(26,27)16-10-7-14(3)17(11-16)19(25)28-12-18(24)22-20(4,13-21)15-8-9-15/h7,10-11,15H,5-6,8-9,12H2,1-4H3,(H,22,24)/t20-/m1/s1. The van der Waals surface area contributed by atoms with Gasteiger partial charge in [-0.3, -0.25) is 4.79 Å². The van der Waals surface area contributed by atoms with Gasteiger partial charge in [0.15, 0.2) is 6.61 Å². The molecule has 2 rings (SSSR count). The molecule has 1 fully saturated rings. The molecular formula is C20H27N3O5S. The molecule has 1 amide bonds. The monoisotopic (exact) mass is 421 g/mol. The van der Waals surface area contributed by atoms with Crippen molar-refractivity contribution in [3.05, 3.63) is 29.3 Å². The van der Waals surface area contributed by atoms with Crippen LogP contribution in [0.4, 0.5) is 0 Å². The molecule has 158 valence electrons. The van der Waals surface area contributed by atoms with Gasteiger partial charge in [0, 0.05) is 13.1 Å². The van der Waals surface area contributed by atoms with Crippen molar-refractivity contribution < 1.29 is 22.7 Å². The molecule has 0 saturated heterocycles. The summed E-state index contributed by atoms with van der Waals surface area (Å²) >= 11 is 0. The fourth-order valence-corrected chi connectivity index (χ4v) is 4.60. The molecule has 8 nitrogen and oxygen atoms in total. The molecule has 0 aliphatic heterocycles. The van der Waals surface area contributed by atoms with E-state index in [2.05, 4.69) is 11.4 Å². The van der Waals surface area contributed by atoms with Gasteiger partial charge >= 0.3 is 5.97 Å². The third-order valence-electron chi connectivity index (χ3n) is 5.13. The van der Waals surface area contributed by atoms with Crippen molar-refractivity contribution in [2.75, 3.05) is 19.7 Å². The van der Waals surface area contributed by atoms with E-state index < -0.39 is 34.0 Å². The van der Waals surface area contributed by atoms with Crippen LogP contribution in [0.1, 0.15) is 49.5 Å².